The van der Waals surface area contributed by atoms with Crippen molar-refractivity contribution in [3.05, 3.63) is 29.1 Å². The maximum Gasteiger partial charge on any atom is 0.0407 e. The van der Waals surface area contributed by atoms with E-state index in [1.807, 2.05) is 6.92 Å². The molecule has 0 saturated carbocycles. The van der Waals surface area contributed by atoms with Gasteiger partial charge in [0.25, 0.3) is 0 Å². The molecule has 0 fully saturated rings. The van der Waals surface area contributed by atoms with E-state index >= 15 is 0 Å². The van der Waals surface area contributed by atoms with Gasteiger partial charge in [0.05, 0.1) is 0 Å². The lowest BCUT2D eigenvalue weighted by Crippen LogP contribution is -1.93. The second-order valence-electron chi connectivity index (χ2n) is 2.95. The van der Waals surface area contributed by atoms with Crippen LogP contribution in [0.1, 0.15) is 30.3 Å². The average Bonchev–Trinajstić information content (AvgIpc) is 1.95. The van der Waals surface area contributed by atoms with Gasteiger partial charge in [-0.25, -0.2) is 0 Å². The number of rotatable bonds is 2. The number of nitrogens with zero attached hydrogens (tertiary/aromatic N) is 1. The van der Waals surface area contributed by atoms with Crippen LogP contribution in [0.2, 0.25) is 0 Å². The van der Waals surface area contributed by atoms with Crippen LogP contribution in [0.4, 0.5) is 0 Å². The smallest absolute Gasteiger partial charge is 0.0407 e. The Hall–Kier alpha value is -0.850. The number of pyridine rings is 1. The SMILES string of the molecule is CCCc1ccc(C)nc1C. The Kier molecular flexibility index (Phi) is 2.64. The average molecular weight is 149 g/mol. The Balaban J connectivity index is 2.90. The Labute approximate surface area is 68.5 Å². The second-order valence-corrected chi connectivity index (χ2v) is 2.95. The molecule has 1 rings (SSSR count). The zero-order chi connectivity index (χ0) is 8.27. The summed E-state index contributed by atoms with van der Waals surface area (Å²) >= 11 is 0. The predicted octanol–water partition coefficient (Wildman–Crippen LogP) is 2.65. The zero-order valence-corrected chi connectivity index (χ0v) is 7.52. The van der Waals surface area contributed by atoms with Gasteiger partial charge in [0.15, 0.2) is 0 Å². The molecule has 0 aromatic carbocycles. The highest BCUT2D eigenvalue weighted by Gasteiger charge is 1.96. The van der Waals surface area contributed by atoms with E-state index in [2.05, 4.69) is 31.0 Å². The van der Waals surface area contributed by atoms with E-state index in [1.54, 1.807) is 0 Å². The van der Waals surface area contributed by atoms with Gasteiger partial charge in [-0.05, 0) is 31.9 Å². The van der Waals surface area contributed by atoms with Gasteiger partial charge < -0.3 is 0 Å². The van der Waals surface area contributed by atoms with Crippen LogP contribution in [0.5, 0.6) is 0 Å². The van der Waals surface area contributed by atoms with Crippen LogP contribution in [0.15, 0.2) is 12.1 Å². The van der Waals surface area contributed by atoms with Gasteiger partial charge in [-0.2, -0.15) is 0 Å². The molecule has 0 atom stereocenters. The molecule has 0 amide bonds. The molecule has 1 nitrogen and oxygen atoms in total. The molecule has 0 aliphatic carbocycles. The van der Waals surface area contributed by atoms with E-state index < -0.39 is 0 Å². The summed E-state index contributed by atoms with van der Waals surface area (Å²) < 4.78 is 0. The molecule has 60 valence electrons. The first-order valence-electron chi connectivity index (χ1n) is 4.17. The van der Waals surface area contributed by atoms with E-state index in [-0.39, 0.29) is 0 Å². The van der Waals surface area contributed by atoms with Crippen molar-refractivity contribution in [3.63, 3.8) is 0 Å². The third kappa shape index (κ3) is 2.04. The van der Waals surface area contributed by atoms with Crippen LogP contribution in [0, 0.1) is 13.8 Å². The molecule has 0 unspecified atom stereocenters. The van der Waals surface area contributed by atoms with Crippen LogP contribution in [-0.4, -0.2) is 4.98 Å². The second kappa shape index (κ2) is 3.51. The summed E-state index contributed by atoms with van der Waals surface area (Å²) in [6, 6.07) is 4.26. The summed E-state index contributed by atoms with van der Waals surface area (Å²) in [5.41, 5.74) is 3.69. The molecular weight excluding hydrogens is 134 g/mol. The highest BCUT2D eigenvalue weighted by molar-refractivity contribution is 5.21. The minimum atomic E-state index is 1.11. The van der Waals surface area contributed by atoms with Gasteiger partial charge in [-0.3, -0.25) is 4.98 Å². The first-order valence-corrected chi connectivity index (χ1v) is 4.17. The molecule has 1 heterocycles. The number of hydrogen-bond acceptors (Lipinski definition) is 1. The molecule has 0 saturated heterocycles. The molecule has 1 aromatic rings. The van der Waals surface area contributed by atoms with Crippen LogP contribution in [0.3, 0.4) is 0 Å². The van der Waals surface area contributed by atoms with Crippen molar-refractivity contribution in [2.24, 2.45) is 0 Å². The molecule has 0 bridgehead atoms. The third-order valence-electron chi connectivity index (χ3n) is 1.85. The van der Waals surface area contributed by atoms with Crippen molar-refractivity contribution in [1.29, 1.82) is 0 Å². The lowest BCUT2D eigenvalue weighted by Gasteiger charge is -2.03. The van der Waals surface area contributed by atoms with Gasteiger partial charge in [0.1, 0.15) is 0 Å². The number of aryl methyl sites for hydroxylation is 3. The molecule has 0 N–H and O–H groups in total. The van der Waals surface area contributed by atoms with Crippen molar-refractivity contribution in [2.45, 2.75) is 33.6 Å². The fraction of sp³-hybridized carbons (Fsp3) is 0.500. The minimum Gasteiger partial charge on any atom is -0.258 e. The fourth-order valence-electron chi connectivity index (χ4n) is 1.25. The van der Waals surface area contributed by atoms with Gasteiger partial charge >= 0.3 is 0 Å². The molecule has 1 heteroatoms. The summed E-state index contributed by atoms with van der Waals surface area (Å²) in [5, 5.41) is 0. The highest BCUT2D eigenvalue weighted by Crippen LogP contribution is 2.08. The van der Waals surface area contributed by atoms with E-state index in [1.165, 1.54) is 17.7 Å². The van der Waals surface area contributed by atoms with Crippen molar-refractivity contribution in [2.75, 3.05) is 0 Å². The molecule has 0 aliphatic rings. The van der Waals surface area contributed by atoms with Gasteiger partial charge in [0.2, 0.25) is 0 Å². The summed E-state index contributed by atoms with van der Waals surface area (Å²) in [4.78, 5) is 4.39. The van der Waals surface area contributed by atoms with Crippen LogP contribution < -0.4 is 0 Å². The Bertz CT molecular complexity index is 241. The lowest BCUT2D eigenvalue weighted by atomic mass is 10.1. The van der Waals surface area contributed by atoms with Gasteiger partial charge in [-0.1, -0.05) is 19.4 Å². The van der Waals surface area contributed by atoms with E-state index in [0.717, 1.165) is 12.1 Å². The van der Waals surface area contributed by atoms with Crippen LogP contribution >= 0.6 is 0 Å². The molecule has 0 spiro atoms. The zero-order valence-electron chi connectivity index (χ0n) is 7.52. The van der Waals surface area contributed by atoms with E-state index in [0.29, 0.717) is 0 Å². The van der Waals surface area contributed by atoms with Crippen LogP contribution in [-0.2, 0) is 6.42 Å². The number of aromatic nitrogens is 1. The molecule has 1 aromatic heterocycles. The molecule has 0 radical (unpaired) electrons. The minimum absolute atomic E-state index is 1.11. The quantitative estimate of drug-likeness (QED) is 0.630. The van der Waals surface area contributed by atoms with E-state index in [4.69, 9.17) is 0 Å². The lowest BCUT2D eigenvalue weighted by molar-refractivity contribution is 0.893. The predicted molar refractivity (Wildman–Crippen MR) is 47.7 cm³/mol. The first-order chi connectivity index (χ1) is 5.24. The van der Waals surface area contributed by atoms with Crippen molar-refractivity contribution >= 4 is 0 Å². The Morgan fingerprint density at radius 3 is 2.55 bits per heavy atom. The molecule has 11 heavy (non-hydrogen) atoms. The van der Waals surface area contributed by atoms with Gasteiger partial charge in [-0.15, -0.1) is 0 Å². The molecule has 0 aliphatic heterocycles. The maximum absolute atomic E-state index is 4.39. The molecular formula is C10H15N. The van der Waals surface area contributed by atoms with Crippen LogP contribution in [0.25, 0.3) is 0 Å². The van der Waals surface area contributed by atoms with Gasteiger partial charge in [0, 0.05) is 11.4 Å². The normalized spacial score (nSPS) is 10.1. The largest absolute Gasteiger partial charge is 0.258 e. The first kappa shape index (κ1) is 8.25. The number of hydrogen-bond donors (Lipinski definition) is 0. The summed E-state index contributed by atoms with van der Waals surface area (Å²) in [6.07, 6.45) is 2.35. The fourth-order valence-corrected chi connectivity index (χ4v) is 1.25. The van der Waals surface area contributed by atoms with E-state index in [9.17, 15) is 0 Å². The van der Waals surface area contributed by atoms with Crippen molar-refractivity contribution < 1.29 is 0 Å². The van der Waals surface area contributed by atoms with Crippen molar-refractivity contribution in [1.82, 2.24) is 4.98 Å². The highest BCUT2D eigenvalue weighted by atomic mass is 14.7. The maximum atomic E-state index is 4.39. The summed E-state index contributed by atoms with van der Waals surface area (Å²) in [7, 11) is 0. The third-order valence-corrected chi connectivity index (χ3v) is 1.85. The Morgan fingerprint density at radius 2 is 2.00 bits per heavy atom. The Morgan fingerprint density at radius 1 is 1.27 bits per heavy atom. The van der Waals surface area contributed by atoms with Crippen molar-refractivity contribution in [3.8, 4) is 0 Å². The topological polar surface area (TPSA) is 12.9 Å². The monoisotopic (exact) mass is 149 g/mol. The standard InChI is InChI=1S/C10H15N/c1-4-5-10-7-6-8(2)11-9(10)3/h6-7H,4-5H2,1-3H3. The summed E-state index contributed by atoms with van der Waals surface area (Å²) in [5.74, 6) is 0. The summed E-state index contributed by atoms with van der Waals surface area (Å²) in [6.45, 7) is 6.31.